The molecule has 3 fully saturated rings. The van der Waals surface area contributed by atoms with Crippen LogP contribution in [0.5, 0.6) is 0 Å². The van der Waals surface area contributed by atoms with Crippen molar-refractivity contribution in [1.29, 1.82) is 0 Å². The number of aromatic carboxylic acids is 1. The third-order valence-electron chi connectivity index (χ3n) is 8.39. The minimum Gasteiger partial charge on any atom is -0.478 e. The Morgan fingerprint density at radius 2 is 1.95 bits per heavy atom. The number of nitrogens with one attached hydrogen (secondary N) is 1. The zero-order valence-corrected chi connectivity index (χ0v) is 23.7. The van der Waals surface area contributed by atoms with Gasteiger partial charge in [0, 0.05) is 45.6 Å². The molecule has 1 saturated carbocycles. The van der Waals surface area contributed by atoms with Gasteiger partial charge in [0.1, 0.15) is 11.4 Å². The number of likely N-dealkylation sites (tertiary alicyclic amines) is 1. The van der Waals surface area contributed by atoms with Crippen LogP contribution in [0.3, 0.4) is 0 Å². The van der Waals surface area contributed by atoms with E-state index in [-0.39, 0.29) is 23.9 Å². The third-order valence-corrected chi connectivity index (χ3v) is 8.89. The van der Waals surface area contributed by atoms with Crippen molar-refractivity contribution in [3.05, 3.63) is 93.7 Å². The Morgan fingerprint density at radius 1 is 1.23 bits per heavy atom. The number of benzene rings is 2. The van der Waals surface area contributed by atoms with Gasteiger partial charge in [-0.05, 0) is 67.3 Å². The van der Waals surface area contributed by atoms with Crippen LogP contribution in [0.4, 0.5) is 15.8 Å². The van der Waals surface area contributed by atoms with Crippen molar-refractivity contribution in [3.8, 4) is 0 Å². The zero-order valence-electron chi connectivity index (χ0n) is 21.3. The lowest BCUT2D eigenvalue weighted by molar-refractivity contribution is -0.129. The molecule has 0 aromatic heterocycles. The highest BCUT2D eigenvalue weighted by Gasteiger charge is 2.71. The molecule has 2 aromatic carbocycles. The maximum Gasteiger partial charge on any atom is 0.335 e. The van der Waals surface area contributed by atoms with Crippen LogP contribution in [0, 0.1) is 17.8 Å². The summed E-state index contributed by atoms with van der Waals surface area (Å²) in [6.07, 6.45) is 6.42. The van der Waals surface area contributed by atoms with Gasteiger partial charge in [-0.25, -0.2) is 9.18 Å². The van der Waals surface area contributed by atoms with Gasteiger partial charge in [0.05, 0.1) is 17.4 Å². The fourth-order valence-electron chi connectivity index (χ4n) is 6.57. The molecule has 3 heterocycles. The number of halogens is 3. The van der Waals surface area contributed by atoms with Gasteiger partial charge in [-0.2, -0.15) is 0 Å². The van der Waals surface area contributed by atoms with Crippen LogP contribution in [0.25, 0.3) is 0 Å². The fourth-order valence-corrected chi connectivity index (χ4v) is 6.90. The Bertz CT molecular complexity index is 1500. The van der Waals surface area contributed by atoms with Crippen LogP contribution in [0.15, 0.2) is 77.6 Å². The normalized spacial score (nSPS) is 27.9. The number of carboxylic acids is 1. The van der Waals surface area contributed by atoms with Gasteiger partial charge in [0.25, 0.3) is 0 Å². The highest BCUT2D eigenvalue weighted by Crippen LogP contribution is 2.60. The third kappa shape index (κ3) is 4.22. The number of nitrogens with zero attached hydrogens (tertiary/aromatic N) is 2. The molecule has 2 saturated heterocycles. The fraction of sp³-hybridized carbons (Fsp3) is 0.300. The SMILES string of the molecule is C=C(Br)/C=C\C=C(/F)[C@H]1[C@@H]2C(=O)N(c3ccc(C(=O)O)cc3)C[C@@H]2N(CC2CC2)[C@@]12C(=O)Nc1cc(Cl)ccc12. The van der Waals surface area contributed by atoms with Crippen LogP contribution in [-0.4, -0.2) is 46.9 Å². The van der Waals surface area contributed by atoms with Crippen molar-refractivity contribution >= 4 is 56.7 Å². The molecule has 4 aliphatic rings. The molecule has 1 aliphatic carbocycles. The van der Waals surface area contributed by atoms with Crippen LogP contribution in [0.2, 0.25) is 5.02 Å². The molecule has 0 bridgehead atoms. The summed E-state index contributed by atoms with van der Waals surface area (Å²) in [5.41, 5.74) is 0.354. The Labute approximate surface area is 244 Å². The van der Waals surface area contributed by atoms with Crippen LogP contribution in [-0.2, 0) is 15.1 Å². The maximum atomic E-state index is 16.5. The number of carboxylic acid groups (broad SMARTS) is 1. The first-order valence-electron chi connectivity index (χ1n) is 13.0. The lowest BCUT2D eigenvalue weighted by Gasteiger charge is -2.40. The van der Waals surface area contributed by atoms with Crippen molar-refractivity contribution in [2.24, 2.45) is 17.8 Å². The second-order valence-electron chi connectivity index (χ2n) is 10.7. The van der Waals surface area contributed by atoms with E-state index in [0.717, 1.165) is 12.8 Å². The van der Waals surface area contributed by atoms with Gasteiger partial charge >= 0.3 is 5.97 Å². The number of anilines is 2. The van der Waals surface area contributed by atoms with Crippen molar-refractivity contribution in [1.82, 2.24) is 4.90 Å². The van der Waals surface area contributed by atoms with Gasteiger partial charge < -0.3 is 15.3 Å². The molecule has 1 spiro atoms. The molecular formula is C30H26BrClFN3O4. The summed E-state index contributed by atoms with van der Waals surface area (Å²) in [4.78, 5) is 43.2. The van der Waals surface area contributed by atoms with E-state index in [1.807, 2.05) is 0 Å². The number of hydrogen-bond donors (Lipinski definition) is 2. The minimum atomic E-state index is -1.42. The van der Waals surface area contributed by atoms with Gasteiger partial charge in [-0.3, -0.25) is 14.5 Å². The number of fused-ring (bicyclic) bond motifs is 3. The van der Waals surface area contributed by atoms with E-state index in [2.05, 4.69) is 32.7 Å². The number of carbonyl (C=O) groups is 3. The molecule has 2 aromatic rings. The van der Waals surface area contributed by atoms with E-state index in [0.29, 0.717) is 38.9 Å². The molecule has 4 atom stereocenters. The van der Waals surface area contributed by atoms with Crippen LogP contribution < -0.4 is 10.2 Å². The summed E-state index contributed by atoms with van der Waals surface area (Å²) in [5, 5.41) is 12.7. The predicted octanol–water partition coefficient (Wildman–Crippen LogP) is 5.88. The van der Waals surface area contributed by atoms with E-state index in [1.165, 1.54) is 24.3 Å². The minimum absolute atomic E-state index is 0.106. The second kappa shape index (κ2) is 9.98. The van der Waals surface area contributed by atoms with Crippen molar-refractivity contribution in [2.45, 2.75) is 24.4 Å². The second-order valence-corrected chi connectivity index (χ2v) is 12.2. The number of carbonyl (C=O) groups excluding carboxylic acids is 2. The molecule has 40 heavy (non-hydrogen) atoms. The lowest BCUT2D eigenvalue weighted by atomic mass is 9.74. The number of amides is 2. The highest BCUT2D eigenvalue weighted by molar-refractivity contribution is 9.11. The number of allylic oxidation sites excluding steroid dienone is 4. The molecule has 3 aliphatic heterocycles. The summed E-state index contributed by atoms with van der Waals surface area (Å²) < 4.78 is 17.1. The van der Waals surface area contributed by atoms with Crippen LogP contribution in [0.1, 0.15) is 28.8 Å². The summed E-state index contributed by atoms with van der Waals surface area (Å²) in [7, 11) is 0. The quantitative estimate of drug-likeness (QED) is 0.375. The lowest BCUT2D eigenvalue weighted by Crippen LogP contribution is -2.55. The van der Waals surface area contributed by atoms with E-state index in [4.69, 9.17) is 11.6 Å². The summed E-state index contributed by atoms with van der Waals surface area (Å²) in [5.74, 6) is -3.90. The first-order chi connectivity index (χ1) is 19.1. The maximum absolute atomic E-state index is 16.5. The Kier molecular flexibility index (Phi) is 6.71. The summed E-state index contributed by atoms with van der Waals surface area (Å²) in [6.45, 7) is 4.54. The molecule has 10 heteroatoms. The molecule has 206 valence electrons. The highest BCUT2D eigenvalue weighted by atomic mass is 79.9. The van der Waals surface area contributed by atoms with Crippen molar-refractivity contribution < 1.29 is 23.9 Å². The molecule has 2 amide bonds. The van der Waals surface area contributed by atoms with Crippen LogP contribution >= 0.6 is 27.5 Å². The summed E-state index contributed by atoms with van der Waals surface area (Å²) >= 11 is 9.50. The van der Waals surface area contributed by atoms with Gasteiger partial charge in [0.15, 0.2) is 0 Å². The average molecular weight is 627 g/mol. The molecule has 2 N–H and O–H groups in total. The topological polar surface area (TPSA) is 90.0 Å². The van der Waals surface area contributed by atoms with Gasteiger partial charge in [-0.15, -0.1) is 0 Å². The average Bonchev–Trinajstić information content (AvgIpc) is 3.53. The van der Waals surface area contributed by atoms with E-state index in [9.17, 15) is 19.5 Å². The molecule has 0 radical (unpaired) electrons. The zero-order chi connectivity index (χ0) is 28.3. The first-order valence-corrected chi connectivity index (χ1v) is 14.2. The van der Waals surface area contributed by atoms with Crippen molar-refractivity contribution in [2.75, 3.05) is 23.3 Å². The number of hydrogen-bond acceptors (Lipinski definition) is 4. The molecule has 0 unspecified atom stereocenters. The van der Waals surface area contributed by atoms with E-state index >= 15 is 4.39 Å². The monoisotopic (exact) mass is 625 g/mol. The Morgan fingerprint density at radius 3 is 2.60 bits per heavy atom. The van der Waals surface area contributed by atoms with Gasteiger partial charge in [0.2, 0.25) is 11.8 Å². The Hall–Kier alpha value is -3.27. The van der Waals surface area contributed by atoms with E-state index in [1.54, 1.807) is 41.3 Å². The molecule has 7 nitrogen and oxygen atoms in total. The molecular weight excluding hydrogens is 601 g/mol. The number of rotatable bonds is 7. The van der Waals surface area contributed by atoms with Crippen molar-refractivity contribution in [3.63, 3.8) is 0 Å². The van der Waals surface area contributed by atoms with Gasteiger partial charge in [-0.1, -0.05) is 46.3 Å². The summed E-state index contributed by atoms with van der Waals surface area (Å²) in [6, 6.07) is 10.8. The first kappa shape index (κ1) is 26.9. The van der Waals surface area contributed by atoms with E-state index < -0.39 is 35.2 Å². The standard InChI is InChI=1S/C30H26BrClFN3O4/c1-16(31)3-2-4-22(33)26-25-24(15-35(27(25)37)20-10-7-18(8-11-20)28(38)39)36(14-17-5-6-17)30(26)21-12-9-19(32)13-23(21)34-29(30)40/h2-4,7-13,17,24-26H,1,5-6,14-15H2,(H,34,40)(H,38,39)/b3-2-,22-4-/t24-,25+,26-,30+/m0/s1. The predicted molar refractivity (Wildman–Crippen MR) is 154 cm³/mol. The largest absolute Gasteiger partial charge is 0.478 e. The smallest absolute Gasteiger partial charge is 0.335 e. The molecule has 6 rings (SSSR count). The Balaban J connectivity index is 1.50.